The first-order chi connectivity index (χ1) is 10.1. The van der Waals surface area contributed by atoms with Gasteiger partial charge < -0.3 is 4.90 Å². The van der Waals surface area contributed by atoms with Gasteiger partial charge in [0, 0.05) is 32.7 Å². The highest BCUT2D eigenvalue weighted by atomic mass is 35.5. The van der Waals surface area contributed by atoms with Crippen molar-refractivity contribution in [1.82, 2.24) is 15.1 Å². The predicted octanol–water partition coefficient (Wildman–Crippen LogP) is 1.67. The summed E-state index contributed by atoms with van der Waals surface area (Å²) in [5, 5.41) is 1.61. The number of alkyl halides is 1. The molecule has 0 saturated carbocycles. The van der Waals surface area contributed by atoms with Crippen molar-refractivity contribution < 1.29 is 9.59 Å². The number of urea groups is 1. The molecule has 114 valence electrons. The largest absolute Gasteiger partial charge is 0.324 e. The SMILES string of the molecule is CC(Cl)C(=O)NC(=O)N1CCN(Cc2ccccc2)CC1. The molecule has 0 radical (unpaired) electrons. The van der Waals surface area contributed by atoms with Gasteiger partial charge in [-0.25, -0.2) is 4.79 Å². The molecule has 1 unspecified atom stereocenters. The van der Waals surface area contributed by atoms with Gasteiger partial charge in [-0.2, -0.15) is 0 Å². The summed E-state index contributed by atoms with van der Waals surface area (Å²) in [4.78, 5) is 27.2. The fraction of sp³-hybridized carbons (Fsp3) is 0.467. The van der Waals surface area contributed by atoms with E-state index in [1.165, 1.54) is 5.56 Å². The summed E-state index contributed by atoms with van der Waals surface area (Å²) in [6.45, 7) is 5.25. The average molecular weight is 310 g/mol. The maximum absolute atomic E-state index is 11.9. The molecule has 0 aromatic heterocycles. The van der Waals surface area contributed by atoms with Crippen molar-refractivity contribution in [3.05, 3.63) is 35.9 Å². The molecule has 1 aliphatic heterocycles. The molecule has 1 saturated heterocycles. The van der Waals surface area contributed by atoms with E-state index in [1.54, 1.807) is 11.8 Å². The van der Waals surface area contributed by atoms with E-state index >= 15 is 0 Å². The van der Waals surface area contributed by atoms with E-state index < -0.39 is 11.3 Å². The van der Waals surface area contributed by atoms with Gasteiger partial charge in [0.25, 0.3) is 0 Å². The maximum Gasteiger partial charge on any atom is 0.324 e. The first-order valence-corrected chi connectivity index (χ1v) is 7.50. The normalized spacial score (nSPS) is 17.3. The predicted molar refractivity (Wildman–Crippen MR) is 82.1 cm³/mol. The minimum atomic E-state index is -0.701. The lowest BCUT2D eigenvalue weighted by Gasteiger charge is -2.34. The average Bonchev–Trinajstić information content (AvgIpc) is 2.48. The number of hydrogen-bond donors (Lipinski definition) is 1. The van der Waals surface area contributed by atoms with E-state index in [1.807, 2.05) is 18.2 Å². The van der Waals surface area contributed by atoms with Crippen LogP contribution in [0.4, 0.5) is 4.79 Å². The van der Waals surface area contributed by atoms with Crippen molar-refractivity contribution >= 4 is 23.5 Å². The van der Waals surface area contributed by atoms with Gasteiger partial charge in [0.1, 0.15) is 5.38 Å². The van der Waals surface area contributed by atoms with Crippen LogP contribution in [0, 0.1) is 0 Å². The number of piperazine rings is 1. The van der Waals surface area contributed by atoms with Gasteiger partial charge >= 0.3 is 6.03 Å². The Morgan fingerprint density at radius 2 is 1.81 bits per heavy atom. The summed E-state index contributed by atoms with van der Waals surface area (Å²) in [5.41, 5.74) is 1.27. The highest BCUT2D eigenvalue weighted by Gasteiger charge is 2.23. The van der Waals surface area contributed by atoms with Crippen LogP contribution < -0.4 is 5.32 Å². The van der Waals surface area contributed by atoms with Gasteiger partial charge in [-0.3, -0.25) is 15.0 Å². The zero-order valence-corrected chi connectivity index (χ0v) is 12.8. The zero-order chi connectivity index (χ0) is 15.2. The molecule has 1 N–H and O–H groups in total. The Labute approximate surface area is 129 Å². The molecule has 1 aromatic carbocycles. The first kappa shape index (κ1) is 15.8. The number of hydrogen-bond acceptors (Lipinski definition) is 3. The van der Waals surface area contributed by atoms with Gasteiger partial charge in [-0.1, -0.05) is 30.3 Å². The Kier molecular flexibility index (Phi) is 5.59. The fourth-order valence-electron chi connectivity index (χ4n) is 2.23. The number of rotatable bonds is 3. The van der Waals surface area contributed by atoms with Crippen molar-refractivity contribution in [3.8, 4) is 0 Å². The van der Waals surface area contributed by atoms with Crippen molar-refractivity contribution in [2.75, 3.05) is 26.2 Å². The van der Waals surface area contributed by atoms with Gasteiger partial charge in [0.05, 0.1) is 0 Å². The molecular formula is C15H20ClN3O2. The third-order valence-corrected chi connectivity index (χ3v) is 3.70. The molecule has 5 nitrogen and oxygen atoms in total. The molecule has 1 heterocycles. The molecule has 1 aliphatic rings. The lowest BCUT2D eigenvalue weighted by molar-refractivity contribution is -0.119. The number of carbonyl (C=O) groups is 2. The molecule has 1 aromatic rings. The quantitative estimate of drug-likeness (QED) is 0.864. The lowest BCUT2D eigenvalue weighted by atomic mass is 10.2. The number of halogens is 1. The molecule has 0 aliphatic carbocycles. The topological polar surface area (TPSA) is 52.7 Å². The van der Waals surface area contributed by atoms with E-state index in [9.17, 15) is 9.59 Å². The van der Waals surface area contributed by atoms with Crippen LogP contribution in [0.15, 0.2) is 30.3 Å². The monoisotopic (exact) mass is 309 g/mol. The first-order valence-electron chi connectivity index (χ1n) is 7.06. The molecule has 6 heteroatoms. The van der Waals surface area contributed by atoms with Gasteiger partial charge in [0.2, 0.25) is 5.91 Å². The maximum atomic E-state index is 11.9. The highest BCUT2D eigenvalue weighted by molar-refractivity contribution is 6.31. The Bertz CT molecular complexity index is 485. The van der Waals surface area contributed by atoms with Crippen molar-refractivity contribution in [1.29, 1.82) is 0 Å². The van der Waals surface area contributed by atoms with Crippen LogP contribution in [0.5, 0.6) is 0 Å². The van der Waals surface area contributed by atoms with E-state index in [2.05, 4.69) is 22.3 Å². The Morgan fingerprint density at radius 3 is 2.38 bits per heavy atom. The van der Waals surface area contributed by atoms with Crippen LogP contribution in [0.1, 0.15) is 12.5 Å². The summed E-state index contributed by atoms with van der Waals surface area (Å²) < 4.78 is 0. The molecule has 21 heavy (non-hydrogen) atoms. The van der Waals surface area contributed by atoms with E-state index in [4.69, 9.17) is 11.6 Å². The van der Waals surface area contributed by atoms with Crippen LogP contribution >= 0.6 is 11.6 Å². The molecule has 2 rings (SSSR count). The standard InChI is InChI=1S/C15H20ClN3O2/c1-12(16)14(20)17-15(21)19-9-7-18(8-10-19)11-13-5-3-2-4-6-13/h2-6,12H,7-11H2,1H3,(H,17,20,21). The second-order valence-corrected chi connectivity index (χ2v) is 5.81. The van der Waals surface area contributed by atoms with E-state index in [0.29, 0.717) is 13.1 Å². The Morgan fingerprint density at radius 1 is 1.19 bits per heavy atom. The third-order valence-electron chi connectivity index (χ3n) is 3.50. The Hall–Kier alpha value is -1.59. The van der Waals surface area contributed by atoms with Crippen molar-refractivity contribution in [2.45, 2.75) is 18.8 Å². The summed E-state index contributed by atoms with van der Waals surface area (Å²) in [5.74, 6) is -0.451. The van der Waals surface area contributed by atoms with Gasteiger partial charge in [0.15, 0.2) is 0 Å². The van der Waals surface area contributed by atoms with Crippen LogP contribution in [0.2, 0.25) is 0 Å². The van der Waals surface area contributed by atoms with Crippen molar-refractivity contribution in [2.24, 2.45) is 0 Å². The van der Waals surface area contributed by atoms with E-state index in [0.717, 1.165) is 19.6 Å². The molecule has 1 atom stereocenters. The molecule has 0 spiro atoms. The van der Waals surface area contributed by atoms with Crippen LogP contribution in [-0.2, 0) is 11.3 Å². The Balaban J connectivity index is 1.78. The number of benzene rings is 1. The summed E-state index contributed by atoms with van der Waals surface area (Å²) >= 11 is 5.63. The second kappa shape index (κ2) is 7.43. The van der Waals surface area contributed by atoms with Gasteiger partial charge in [-0.15, -0.1) is 11.6 Å². The smallest absolute Gasteiger partial charge is 0.322 e. The van der Waals surface area contributed by atoms with Crippen LogP contribution in [-0.4, -0.2) is 53.3 Å². The van der Waals surface area contributed by atoms with Gasteiger partial charge in [-0.05, 0) is 12.5 Å². The summed E-state index contributed by atoms with van der Waals surface area (Å²) in [6, 6.07) is 9.89. The molecular weight excluding hydrogens is 290 g/mol. The van der Waals surface area contributed by atoms with Crippen LogP contribution in [0.3, 0.4) is 0 Å². The fourth-order valence-corrected chi connectivity index (χ4v) is 2.29. The zero-order valence-electron chi connectivity index (χ0n) is 12.1. The minimum Gasteiger partial charge on any atom is -0.322 e. The molecule has 1 fully saturated rings. The lowest BCUT2D eigenvalue weighted by Crippen LogP contribution is -2.53. The van der Waals surface area contributed by atoms with Crippen LogP contribution in [0.25, 0.3) is 0 Å². The second-order valence-electron chi connectivity index (χ2n) is 5.16. The number of nitrogens with one attached hydrogen (secondary N) is 1. The summed E-state index contributed by atoms with van der Waals surface area (Å²) in [6.07, 6.45) is 0. The number of imide groups is 1. The summed E-state index contributed by atoms with van der Waals surface area (Å²) in [7, 11) is 0. The highest BCUT2D eigenvalue weighted by Crippen LogP contribution is 2.08. The minimum absolute atomic E-state index is 0.355. The van der Waals surface area contributed by atoms with E-state index in [-0.39, 0.29) is 6.03 Å². The third kappa shape index (κ3) is 4.72. The molecule has 0 bridgehead atoms. The number of carbonyl (C=O) groups excluding carboxylic acids is 2. The molecule has 3 amide bonds. The number of nitrogens with zero attached hydrogens (tertiary/aromatic N) is 2. The number of amides is 3. The van der Waals surface area contributed by atoms with Crippen molar-refractivity contribution in [3.63, 3.8) is 0 Å².